The first-order chi connectivity index (χ1) is 18.2. The van der Waals surface area contributed by atoms with E-state index in [2.05, 4.69) is 56.3 Å². The lowest BCUT2D eigenvalue weighted by Gasteiger charge is -2.36. The molecule has 0 bridgehead atoms. The number of rotatable bonds is 4. The summed E-state index contributed by atoms with van der Waals surface area (Å²) in [6, 6.07) is 14.6. The van der Waals surface area contributed by atoms with Crippen LogP contribution in [-0.2, 0) is 17.6 Å². The largest absolute Gasteiger partial charge is 0.493 e. The van der Waals surface area contributed by atoms with E-state index in [-0.39, 0.29) is 11.9 Å². The number of carbonyl (C=O) groups is 1. The second kappa shape index (κ2) is 9.07. The standard InChI is InChI=1S/C30H29N5O2/c36-27(10-7-20-18-31-30(32-19-20)34-13-3-4-14-34)35-15-11-24-23-5-1-2-6-25(23)33-28(24)29(35)22-8-9-26-21(17-22)12-16-37-26/h1-2,5-10,17-19,29,33H,3-4,11-16H2/b10-7+/t29-/m1/s1. The lowest BCUT2D eigenvalue weighted by Crippen LogP contribution is -2.39. The summed E-state index contributed by atoms with van der Waals surface area (Å²) in [6.45, 7) is 3.38. The lowest BCUT2D eigenvalue weighted by atomic mass is 9.91. The van der Waals surface area contributed by atoms with E-state index in [1.54, 1.807) is 18.5 Å². The number of fused-ring (bicyclic) bond motifs is 4. The predicted octanol–water partition coefficient (Wildman–Crippen LogP) is 4.68. The van der Waals surface area contributed by atoms with Crippen molar-refractivity contribution in [3.05, 3.63) is 88.9 Å². The monoisotopic (exact) mass is 491 g/mol. The minimum absolute atomic E-state index is 0.0188. The zero-order valence-electron chi connectivity index (χ0n) is 20.7. The third-order valence-electron chi connectivity index (χ3n) is 7.81. The van der Waals surface area contributed by atoms with Crippen LogP contribution in [-0.4, -0.2) is 52.0 Å². The van der Waals surface area contributed by atoms with Crippen LogP contribution >= 0.6 is 0 Å². The van der Waals surface area contributed by atoms with Gasteiger partial charge >= 0.3 is 0 Å². The molecule has 0 unspecified atom stereocenters. The van der Waals surface area contributed by atoms with E-state index < -0.39 is 0 Å². The number of nitrogens with one attached hydrogen (secondary N) is 1. The number of nitrogens with zero attached hydrogens (tertiary/aromatic N) is 4. The van der Waals surface area contributed by atoms with Crippen molar-refractivity contribution in [1.82, 2.24) is 19.9 Å². The van der Waals surface area contributed by atoms with Crippen LogP contribution in [0.1, 0.15) is 46.8 Å². The van der Waals surface area contributed by atoms with E-state index >= 15 is 0 Å². The lowest BCUT2D eigenvalue weighted by molar-refractivity contribution is -0.128. The topological polar surface area (TPSA) is 74.4 Å². The van der Waals surface area contributed by atoms with Gasteiger partial charge in [-0.1, -0.05) is 24.3 Å². The van der Waals surface area contributed by atoms with Crippen LogP contribution in [0, 0.1) is 0 Å². The van der Waals surface area contributed by atoms with Gasteiger partial charge in [-0.05, 0) is 60.2 Å². The number of aromatic amines is 1. The Hall–Kier alpha value is -4.13. The highest BCUT2D eigenvalue weighted by atomic mass is 16.5. The molecule has 7 heteroatoms. The average molecular weight is 492 g/mol. The van der Waals surface area contributed by atoms with Gasteiger partial charge in [0.15, 0.2) is 0 Å². The number of para-hydroxylation sites is 1. The fraction of sp³-hybridized carbons (Fsp3) is 0.300. The molecule has 0 spiro atoms. The minimum atomic E-state index is -0.187. The Bertz CT molecular complexity index is 1500. The molecule has 5 heterocycles. The average Bonchev–Trinajstić information content (AvgIpc) is 3.71. The molecule has 186 valence electrons. The zero-order valence-corrected chi connectivity index (χ0v) is 20.7. The van der Waals surface area contributed by atoms with E-state index in [0.717, 1.165) is 60.0 Å². The van der Waals surface area contributed by atoms with Gasteiger partial charge in [0, 0.05) is 66.7 Å². The summed E-state index contributed by atoms with van der Waals surface area (Å²) >= 11 is 0. The summed E-state index contributed by atoms with van der Waals surface area (Å²) in [7, 11) is 0. The molecule has 1 N–H and O–H groups in total. The molecule has 1 amide bonds. The van der Waals surface area contributed by atoms with E-state index in [4.69, 9.17) is 4.74 Å². The summed E-state index contributed by atoms with van der Waals surface area (Å²) < 4.78 is 5.75. The summed E-state index contributed by atoms with van der Waals surface area (Å²) in [5.41, 5.74) is 6.66. The van der Waals surface area contributed by atoms with Gasteiger partial charge in [0.25, 0.3) is 0 Å². The van der Waals surface area contributed by atoms with Crippen LogP contribution in [0.25, 0.3) is 17.0 Å². The maximum atomic E-state index is 13.6. The Morgan fingerprint density at radius 2 is 1.86 bits per heavy atom. The second-order valence-electron chi connectivity index (χ2n) is 10.1. The fourth-order valence-corrected chi connectivity index (χ4v) is 5.96. The quantitative estimate of drug-likeness (QED) is 0.420. The minimum Gasteiger partial charge on any atom is -0.493 e. The van der Waals surface area contributed by atoms with Gasteiger partial charge in [0.05, 0.1) is 12.6 Å². The van der Waals surface area contributed by atoms with Gasteiger partial charge < -0.3 is 19.5 Å². The third kappa shape index (κ3) is 3.95. The highest BCUT2D eigenvalue weighted by Crippen LogP contribution is 2.40. The number of hydrogen-bond acceptors (Lipinski definition) is 5. The van der Waals surface area contributed by atoms with Gasteiger partial charge in [0.2, 0.25) is 11.9 Å². The van der Waals surface area contributed by atoms with Crippen LogP contribution in [0.15, 0.2) is 60.9 Å². The molecule has 1 atom stereocenters. The molecular weight excluding hydrogens is 462 g/mol. The molecular formula is C30H29N5O2. The molecule has 2 aromatic heterocycles. The smallest absolute Gasteiger partial charge is 0.247 e. The second-order valence-corrected chi connectivity index (χ2v) is 10.1. The van der Waals surface area contributed by atoms with Gasteiger partial charge in [-0.25, -0.2) is 9.97 Å². The van der Waals surface area contributed by atoms with Crippen molar-refractivity contribution in [2.24, 2.45) is 0 Å². The Morgan fingerprint density at radius 3 is 2.73 bits per heavy atom. The number of amides is 1. The molecule has 1 fully saturated rings. The Kier molecular flexibility index (Phi) is 5.42. The molecule has 0 radical (unpaired) electrons. The molecule has 4 aromatic rings. The highest BCUT2D eigenvalue weighted by Gasteiger charge is 2.34. The van der Waals surface area contributed by atoms with Crippen LogP contribution in [0.4, 0.5) is 5.95 Å². The van der Waals surface area contributed by atoms with Crippen LogP contribution in [0.5, 0.6) is 5.75 Å². The summed E-state index contributed by atoms with van der Waals surface area (Å²) in [4.78, 5) is 30.5. The number of aromatic nitrogens is 3. The van der Waals surface area contributed by atoms with Crippen molar-refractivity contribution in [2.45, 2.75) is 31.7 Å². The molecule has 0 saturated carbocycles. The van der Waals surface area contributed by atoms with E-state index in [1.165, 1.54) is 29.4 Å². The molecule has 7 rings (SSSR count). The third-order valence-corrected chi connectivity index (χ3v) is 7.81. The van der Waals surface area contributed by atoms with Gasteiger partial charge in [-0.2, -0.15) is 0 Å². The Balaban J connectivity index is 1.21. The molecule has 3 aliphatic rings. The number of H-pyrrole nitrogens is 1. The molecule has 0 aliphatic carbocycles. The molecule has 37 heavy (non-hydrogen) atoms. The summed E-state index contributed by atoms with van der Waals surface area (Å²) in [5, 5.41) is 1.24. The first-order valence-corrected chi connectivity index (χ1v) is 13.2. The van der Waals surface area contributed by atoms with Crippen molar-refractivity contribution < 1.29 is 9.53 Å². The van der Waals surface area contributed by atoms with E-state index in [1.807, 2.05) is 17.0 Å². The highest BCUT2D eigenvalue weighted by molar-refractivity contribution is 5.93. The van der Waals surface area contributed by atoms with Crippen molar-refractivity contribution in [3.8, 4) is 5.75 Å². The van der Waals surface area contributed by atoms with Crippen molar-refractivity contribution in [2.75, 3.05) is 31.1 Å². The zero-order chi connectivity index (χ0) is 24.8. The Morgan fingerprint density at radius 1 is 1.03 bits per heavy atom. The maximum Gasteiger partial charge on any atom is 0.247 e. The normalized spacial score (nSPS) is 18.9. The van der Waals surface area contributed by atoms with E-state index in [0.29, 0.717) is 13.2 Å². The fourth-order valence-electron chi connectivity index (χ4n) is 5.96. The maximum absolute atomic E-state index is 13.6. The van der Waals surface area contributed by atoms with Gasteiger partial charge in [-0.15, -0.1) is 0 Å². The summed E-state index contributed by atoms with van der Waals surface area (Å²) in [6.07, 6.45) is 11.2. The molecule has 2 aromatic carbocycles. The first-order valence-electron chi connectivity index (χ1n) is 13.2. The first kappa shape index (κ1) is 22.1. The van der Waals surface area contributed by atoms with Crippen LogP contribution in [0.2, 0.25) is 0 Å². The van der Waals surface area contributed by atoms with E-state index in [9.17, 15) is 4.79 Å². The van der Waals surface area contributed by atoms with Crippen molar-refractivity contribution >= 4 is 28.8 Å². The Labute approximate surface area is 215 Å². The number of hydrogen-bond donors (Lipinski definition) is 1. The van der Waals surface area contributed by atoms with Crippen molar-refractivity contribution in [3.63, 3.8) is 0 Å². The summed E-state index contributed by atoms with van der Waals surface area (Å²) in [5.74, 6) is 1.70. The molecule has 3 aliphatic heterocycles. The van der Waals surface area contributed by atoms with Crippen LogP contribution in [0.3, 0.4) is 0 Å². The number of carbonyl (C=O) groups excluding carboxylic acids is 1. The van der Waals surface area contributed by atoms with Crippen LogP contribution < -0.4 is 9.64 Å². The van der Waals surface area contributed by atoms with Gasteiger partial charge in [0.1, 0.15) is 5.75 Å². The van der Waals surface area contributed by atoms with Gasteiger partial charge in [-0.3, -0.25) is 4.79 Å². The van der Waals surface area contributed by atoms with Crippen molar-refractivity contribution in [1.29, 1.82) is 0 Å². The SMILES string of the molecule is O=C(/C=C/c1cnc(N2CCCC2)nc1)N1CCc2c([nH]c3ccccc23)[C@H]1c1ccc2c(c1)CCO2. The molecule has 7 nitrogen and oxygen atoms in total. The predicted molar refractivity (Wildman–Crippen MR) is 144 cm³/mol. The molecule has 1 saturated heterocycles. The number of ether oxygens (including phenoxy) is 1. The number of anilines is 1. The number of benzene rings is 2.